The smallest absolute Gasteiger partial charge is 0.249 e. The molecule has 0 bridgehead atoms. The van der Waals surface area contributed by atoms with Crippen LogP contribution in [0.5, 0.6) is 0 Å². The third-order valence-electron chi connectivity index (χ3n) is 7.09. The molecule has 7 heteroatoms. The molecular formula is C34H30BrClN2O2S. The van der Waals surface area contributed by atoms with Gasteiger partial charge in [0.1, 0.15) is 6.29 Å². The van der Waals surface area contributed by atoms with Gasteiger partial charge in [-0.1, -0.05) is 106 Å². The van der Waals surface area contributed by atoms with E-state index in [-0.39, 0.29) is 11.9 Å². The fourth-order valence-corrected chi connectivity index (χ4v) is 6.87. The summed E-state index contributed by atoms with van der Waals surface area (Å²) >= 11 is 11.7. The van der Waals surface area contributed by atoms with E-state index < -0.39 is 12.1 Å². The van der Waals surface area contributed by atoms with Crippen molar-refractivity contribution >= 4 is 51.7 Å². The van der Waals surface area contributed by atoms with Crippen LogP contribution in [0.2, 0.25) is 5.02 Å². The second-order valence-electron chi connectivity index (χ2n) is 10.1. The Morgan fingerprint density at radius 1 is 1.00 bits per heavy atom. The first kappa shape index (κ1) is 29.3. The number of rotatable bonds is 9. The molecule has 3 unspecified atom stereocenters. The van der Waals surface area contributed by atoms with Crippen LogP contribution in [0.3, 0.4) is 0 Å². The van der Waals surface area contributed by atoms with E-state index in [2.05, 4.69) is 68.9 Å². The molecular weight excluding hydrogens is 616 g/mol. The Balaban J connectivity index is 1.55. The van der Waals surface area contributed by atoms with Crippen molar-refractivity contribution in [2.75, 3.05) is 0 Å². The summed E-state index contributed by atoms with van der Waals surface area (Å²) in [4.78, 5) is 27.1. The lowest BCUT2D eigenvalue weighted by Gasteiger charge is -2.41. The zero-order chi connectivity index (χ0) is 28.8. The van der Waals surface area contributed by atoms with Crippen molar-refractivity contribution in [3.63, 3.8) is 0 Å². The molecule has 1 aliphatic rings. The number of aldehydes is 1. The van der Waals surface area contributed by atoms with Gasteiger partial charge in [-0.2, -0.15) is 0 Å². The SMILES string of the molecule is Cc1ccc(SN2C(c3cccc(Br)c3)CC=C(C(=O)NC(C=O)Cc3ccccc3)C2c2cccc(Cl)c2)cc1. The fourth-order valence-electron chi connectivity index (χ4n) is 5.08. The van der Waals surface area contributed by atoms with Crippen LogP contribution in [0.25, 0.3) is 0 Å². The minimum Gasteiger partial charge on any atom is -0.342 e. The molecule has 1 aliphatic heterocycles. The summed E-state index contributed by atoms with van der Waals surface area (Å²) < 4.78 is 3.29. The van der Waals surface area contributed by atoms with E-state index in [4.69, 9.17) is 11.6 Å². The minimum atomic E-state index is -0.646. The summed E-state index contributed by atoms with van der Waals surface area (Å²) in [5, 5.41) is 3.60. The first-order valence-electron chi connectivity index (χ1n) is 13.5. The number of aryl methyl sites for hydroxylation is 1. The zero-order valence-corrected chi connectivity index (χ0v) is 25.7. The largest absolute Gasteiger partial charge is 0.342 e. The lowest BCUT2D eigenvalue weighted by Crippen LogP contribution is -2.42. The van der Waals surface area contributed by atoms with E-state index in [9.17, 15) is 9.59 Å². The molecule has 1 heterocycles. The predicted molar refractivity (Wildman–Crippen MR) is 171 cm³/mol. The third kappa shape index (κ3) is 7.38. The number of halogens is 2. The van der Waals surface area contributed by atoms with Gasteiger partial charge in [-0.15, -0.1) is 0 Å². The van der Waals surface area contributed by atoms with Crippen molar-refractivity contribution in [1.29, 1.82) is 0 Å². The number of nitrogens with one attached hydrogen (secondary N) is 1. The lowest BCUT2D eigenvalue weighted by atomic mass is 9.88. The zero-order valence-electron chi connectivity index (χ0n) is 22.5. The molecule has 0 fully saturated rings. The number of carbonyl (C=O) groups is 2. The van der Waals surface area contributed by atoms with Gasteiger partial charge >= 0.3 is 0 Å². The molecule has 4 aromatic rings. The molecule has 0 radical (unpaired) electrons. The molecule has 4 nitrogen and oxygen atoms in total. The van der Waals surface area contributed by atoms with E-state index in [1.807, 2.05) is 72.8 Å². The third-order valence-corrected chi connectivity index (χ3v) is 8.98. The van der Waals surface area contributed by atoms with Gasteiger partial charge in [-0.3, -0.25) is 4.79 Å². The number of carbonyl (C=O) groups excluding carboxylic acids is 2. The highest BCUT2D eigenvalue weighted by Crippen LogP contribution is 2.48. The maximum atomic E-state index is 14.0. The minimum absolute atomic E-state index is 0.0227. The van der Waals surface area contributed by atoms with Crippen LogP contribution < -0.4 is 5.32 Å². The maximum absolute atomic E-state index is 14.0. The number of nitrogens with zero attached hydrogens (tertiary/aromatic N) is 1. The summed E-state index contributed by atoms with van der Waals surface area (Å²) in [6.45, 7) is 2.07. The van der Waals surface area contributed by atoms with Crippen molar-refractivity contribution in [2.45, 2.75) is 42.8 Å². The molecule has 0 saturated heterocycles. The average Bonchev–Trinajstić information content (AvgIpc) is 2.98. The molecule has 41 heavy (non-hydrogen) atoms. The molecule has 1 amide bonds. The first-order chi connectivity index (χ1) is 19.9. The summed E-state index contributed by atoms with van der Waals surface area (Å²) in [5.74, 6) is -0.259. The van der Waals surface area contributed by atoms with Crippen molar-refractivity contribution in [2.24, 2.45) is 0 Å². The van der Waals surface area contributed by atoms with Crippen LogP contribution in [0, 0.1) is 6.92 Å². The molecule has 0 aliphatic carbocycles. The number of amides is 1. The molecule has 4 aromatic carbocycles. The molecule has 208 valence electrons. The normalized spacial score (nSPS) is 17.9. The molecule has 0 spiro atoms. The quantitative estimate of drug-likeness (QED) is 0.147. The average molecular weight is 646 g/mol. The molecule has 1 N–H and O–H groups in total. The van der Waals surface area contributed by atoms with Gasteiger partial charge in [0, 0.05) is 20.0 Å². The van der Waals surface area contributed by atoms with Gasteiger partial charge in [-0.25, -0.2) is 4.31 Å². The van der Waals surface area contributed by atoms with Crippen LogP contribution in [0.1, 0.15) is 40.8 Å². The standard InChI is InChI=1S/C34H30BrClN2O2S/c1-23-13-15-30(16-14-23)41-38-32(25-9-5-11-27(35)20-25)18-17-31(33(38)26-10-6-12-28(36)21-26)34(40)37-29(22-39)19-24-7-3-2-4-8-24/h2-17,20-22,29,32-33H,18-19H2,1H3,(H,37,40). The molecule has 3 atom stereocenters. The Bertz CT molecular complexity index is 1540. The van der Waals surface area contributed by atoms with E-state index in [1.54, 1.807) is 11.9 Å². The van der Waals surface area contributed by atoms with Crippen LogP contribution in [0.15, 0.2) is 124 Å². The van der Waals surface area contributed by atoms with Crippen LogP contribution in [-0.4, -0.2) is 22.5 Å². The van der Waals surface area contributed by atoms with Crippen molar-refractivity contribution in [3.05, 3.63) is 147 Å². The first-order valence-corrected chi connectivity index (χ1v) is 15.4. The monoisotopic (exact) mass is 644 g/mol. The molecule has 0 saturated carbocycles. The number of benzene rings is 4. The van der Waals surface area contributed by atoms with Gasteiger partial charge in [0.2, 0.25) is 5.91 Å². The highest BCUT2D eigenvalue weighted by atomic mass is 79.9. The van der Waals surface area contributed by atoms with E-state index in [0.29, 0.717) is 23.4 Å². The Kier molecular flexibility index (Phi) is 9.78. The summed E-state index contributed by atoms with van der Waals surface area (Å²) in [6.07, 6.45) is 3.88. The van der Waals surface area contributed by atoms with Gasteiger partial charge < -0.3 is 10.1 Å². The van der Waals surface area contributed by atoms with E-state index >= 15 is 0 Å². The maximum Gasteiger partial charge on any atom is 0.249 e. The highest BCUT2D eigenvalue weighted by Gasteiger charge is 2.38. The highest BCUT2D eigenvalue weighted by molar-refractivity contribution is 9.10. The van der Waals surface area contributed by atoms with Gasteiger partial charge in [-0.05, 0) is 84.8 Å². The van der Waals surface area contributed by atoms with Gasteiger partial charge in [0.15, 0.2) is 0 Å². The topological polar surface area (TPSA) is 49.4 Å². The van der Waals surface area contributed by atoms with Gasteiger partial charge in [0.05, 0.1) is 18.1 Å². The second kappa shape index (κ2) is 13.7. The van der Waals surface area contributed by atoms with Crippen LogP contribution in [0.4, 0.5) is 0 Å². The van der Waals surface area contributed by atoms with Gasteiger partial charge in [0.25, 0.3) is 0 Å². The van der Waals surface area contributed by atoms with E-state index in [1.165, 1.54) is 5.56 Å². The predicted octanol–water partition coefficient (Wildman–Crippen LogP) is 8.46. The van der Waals surface area contributed by atoms with E-state index in [0.717, 1.165) is 32.3 Å². The Labute approximate surface area is 259 Å². The van der Waals surface area contributed by atoms with Crippen LogP contribution >= 0.6 is 39.5 Å². The van der Waals surface area contributed by atoms with Crippen LogP contribution in [-0.2, 0) is 16.0 Å². The fraction of sp³-hybridized carbons (Fsp3) is 0.176. The summed E-state index contributed by atoms with van der Waals surface area (Å²) in [5.41, 5.74) is 4.81. The van der Waals surface area contributed by atoms with Crippen molar-refractivity contribution < 1.29 is 9.59 Å². The Hall–Kier alpha value is -3.16. The Morgan fingerprint density at radius 2 is 1.73 bits per heavy atom. The second-order valence-corrected chi connectivity index (χ2v) is 12.5. The van der Waals surface area contributed by atoms with Crippen molar-refractivity contribution in [1.82, 2.24) is 9.62 Å². The molecule has 5 rings (SSSR count). The summed E-state index contributed by atoms with van der Waals surface area (Å²) in [7, 11) is 0. The molecule has 0 aromatic heterocycles. The number of hydrogen-bond acceptors (Lipinski definition) is 4. The summed E-state index contributed by atoms with van der Waals surface area (Å²) in [6, 6.07) is 33.0. The van der Waals surface area contributed by atoms with Crippen molar-refractivity contribution in [3.8, 4) is 0 Å². The Morgan fingerprint density at radius 3 is 2.44 bits per heavy atom. The number of hydrogen-bond donors (Lipinski definition) is 1. The lowest BCUT2D eigenvalue weighted by molar-refractivity contribution is -0.121.